The van der Waals surface area contributed by atoms with Gasteiger partial charge in [0.2, 0.25) is 5.95 Å². The maximum absolute atomic E-state index is 13.0. The summed E-state index contributed by atoms with van der Waals surface area (Å²) in [5.41, 5.74) is 2.05. The second-order valence-electron chi connectivity index (χ2n) is 8.43. The molecule has 10 heteroatoms. The molecule has 3 aromatic heterocycles. The fourth-order valence-electron chi connectivity index (χ4n) is 4.18. The van der Waals surface area contributed by atoms with Crippen molar-refractivity contribution in [1.82, 2.24) is 29.2 Å². The Labute approximate surface area is 202 Å². The van der Waals surface area contributed by atoms with Crippen molar-refractivity contribution in [2.45, 2.75) is 19.6 Å². The number of hydrogen-bond donors (Lipinski definition) is 2. The van der Waals surface area contributed by atoms with Crippen LogP contribution < -0.4 is 15.6 Å². The molecular weight excluding hydrogens is 446 g/mol. The number of nitrogens with one attached hydrogen (secondary N) is 1. The lowest BCUT2D eigenvalue weighted by molar-refractivity contribution is 0.0103. The lowest BCUT2D eigenvalue weighted by atomic mass is 10.1. The molecule has 0 bridgehead atoms. The molecule has 4 heterocycles. The molecule has 0 unspecified atom stereocenters. The number of nitrogens with zero attached hydrogens (tertiary/aromatic N) is 6. The molecule has 5 rings (SSSR count). The fourth-order valence-corrected chi connectivity index (χ4v) is 4.18. The van der Waals surface area contributed by atoms with Crippen LogP contribution in [-0.2, 0) is 6.54 Å². The molecule has 4 aromatic rings. The number of aliphatic hydroxyl groups is 1. The maximum atomic E-state index is 13.0. The van der Waals surface area contributed by atoms with Gasteiger partial charge in [0.25, 0.3) is 5.56 Å². The molecule has 0 atom stereocenters. The van der Waals surface area contributed by atoms with E-state index in [4.69, 9.17) is 9.84 Å². The van der Waals surface area contributed by atoms with E-state index in [0.717, 1.165) is 30.1 Å². The van der Waals surface area contributed by atoms with Crippen molar-refractivity contribution < 1.29 is 9.84 Å². The SMILES string of the molecule is C=CCn1c(=O)c2cnc(Nc3ccc(OC4CN(CCO)C4)c(C)c3)nc2n1-c1ccccn1. The molecule has 0 saturated carbocycles. The predicted octanol–water partition coefficient (Wildman–Crippen LogP) is 2.27. The molecule has 1 fully saturated rings. The lowest BCUT2D eigenvalue weighted by Gasteiger charge is -2.38. The number of rotatable bonds is 9. The molecule has 180 valence electrons. The van der Waals surface area contributed by atoms with E-state index < -0.39 is 0 Å². The number of anilines is 2. The van der Waals surface area contributed by atoms with Gasteiger partial charge in [0.15, 0.2) is 11.5 Å². The first-order valence-corrected chi connectivity index (χ1v) is 11.5. The molecule has 0 spiro atoms. The van der Waals surface area contributed by atoms with Crippen molar-refractivity contribution in [3.8, 4) is 11.6 Å². The number of allylic oxidation sites excluding steroid dienone is 1. The molecule has 1 saturated heterocycles. The summed E-state index contributed by atoms with van der Waals surface area (Å²) in [7, 11) is 0. The van der Waals surface area contributed by atoms with Crippen LogP contribution in [0.4, 0.5) is 11.6 Å². The Hall–Kier alpha value is -4.02. The minimum atomic E-state index is -0.206. The van der Waals surface area contributed by atoms with Gasteiger partial charge in [-0.15, -0.1) is 6.58 Å². The highest BCUT2D eigenvalue weighted by molar-refractivity contribution is 5.77. The van der Waals surface area contributed by atoms with Crippen molar-refractivity contribution >= 4 is 22.7 Å². The zero-order valence-electron chi connectivity index (χ0n) is 19.5. The monoisotopic (exact) mass is 473 g/mol. The van der Waals surface area contributed by atoms with Gasteiger partial charge in [0.1, 0.15) is 17.2 Å². The van der Waals surface area contributed by atoms with E-state index in [1.165, 1.54) is 10.9 Å². The second-order valence-corrected chi connectivity index (χ2v) is 8.43. The molecule has 0 radical (unpaired) electrons. The summed E-state index contributed by atoms with van der Waals surface area (Å²) in [4.78, 5) is 28.5. The van der Waals surface area contributed by atoms with Crippen molar-refractivity contribution in [3.05, 3.63) is 77.4 Å². The highest BCUT2D eigenvalue weighted by Gasteiger charge is 2.28. The Morgan fingerprint density at radius 1 is 1.26 bits per heavy atom. The van der Waals surface area contributed by atoms with Crippen molar-refractivity contribution in [1.29, 1.82) is 0 Å². The van der Waals surface area contributed by atoms with Gasteiger partial charge in [-0.1, -0.05) is 12.1 Å². The Bertz CT molecular complexity index is 1410. The van der Waals surface area contributed by atoms with E-state index in [-0.39, 0.29) is 18.3 Å². The second kappa shape index (κ2) is 9.69. The lowest BCUT2D eigenvalue weighted by Crippen LogP contribution is -2.54. The van der Waals surface area contributed by atoms with Crippen LogP contribution in [0.5, 0.6) is 5.75 Å². The van der Waals surface area contributed by atoms with E-state index in [2.05, 4.69) is 31.7 Å². The third-order valence-electron chi connectivity index (χ3n) is 5.91. The van der Waals surface area contributed by atoms with Crippen LogP contribution in [0.25, 0.3) is 16.9 Å². The van der Waals surface area contributed by atoms with Gasteiger partial charge in [-0.2, -0.15) is 4.98 Å². The molecule has 1 aliphatic rings. The van der Waals surface area contributed by atoms with Crippen molar-refractivity contribution in [2.75, 3.05) is 31.6 Å². The van der Waals surface area contributed by atoms with Gasteiger partial charge in [-0.25, -0.2) is 19.3 Å². The number of aliphatic hydroxyl groups excluding tert-OH is 1. The molecule has 0 aliphatic carbocycles. The number of hydrogen-bond acceptors (Lipinski definition) is 8. The Morgan fingerprint density at radius 2 is 2.11 bits per heavy atom. The van der Waals surface area contributed by atoms with Crippen LogP contribution in [0.1, 0.15) is 5.56 Å². The normalized spacial score (nSPS) is 14.1. The number of aryl methyl sites for hydroxylation is 1. The first kappa shape index (κ1) is 22.8. The van der Waals surface area contributed by atoms with Crippen molar-refractivity contribution in [2.24, 2.45) is 0 Å². The minimum absolute atomic E-state index is 0.132. The number of ether oxygens (including phenoxy) is 1. The minimum Gasteiger partial charge on any atom is -0.487 e. The van der Waals surface area contributed by atoms with E-state index >= 15 is 0 Å². The van der Waals surface area contributed by atoms with E-state index in [1.54, 1.807) is 17.0 Å². The summed E-state index contributed by atoms with van der Waals surface area (Å²) in [5, 5.41) is 12.7. The van der Waals surface area contributed by atoms with Crippen LogP contribution in [0.2, 0.25) is 0 Å². The van der Waals surface area contributed by atoms with Crippen LogP contribution in [0.3, 0.4) is 0 Å². The van der Waals surface area contributed by atoms with Gasteiger partial charge in [0, 0.05) is 37.7 Å². The molecule has 10 nitrogen and oxygen atoms in total. The molecule has 0 amide bonds. The maximum Gasteiger partial charge on any atom is 0.278 e. The average Bonchev–Trinajstić information content (AvgIpc) is 3.11. The Balaban J connectivity index is 1.40. The summed E-state index contributed by atoms with van der Waals surface area (Å²) >= 11 is 0. The molecule has 1 aliphatic heterocycles. The molecule has 2 N–H and O–H groups in total. The summed E-state index contributed by atoms with van der Waals surface area (Å²) < 4.78 is 9.31. The smallest absolute Gasteiger partial charge is 0.278 e. The highest BCUT2D eigenvalue weighted by atomic mass is 16.5. The standard InChI is InChI=1S/C25H27N7O3/c1-3-10-31-24(34)20-14-27-25(29-23(20)32(31)22-6-4-5-9-26-22)28-18-7-8-21(17(2)13-18)35-19-15-30(16-19)11-12-33/h3-9,13-14,19,33H,1,10-12,15-16H2,2H3,(H,27,28,29). The predicted molar refractivity (Wildman–Crippen MR) is 134 cm³/mol. The van der Waals surface area contributed by atoms with E-state index in [1.807, 2.05) is 43.3 Å². The van der Waals surface area contributed by atoms with Crippen LogP contribution >= 0.6 is 0 Å². The number of pyridine rings is 1. The number of aromatic nitrogens is 5. The summed E-state index contributed by atoms with van der Waals surface area (Å²) in [6.45, 7) is 8.54. The van der Waals surface area contributed by atoms with Crippen molar-refractivity contribution in [3.63, 3.8) is 0 Å². The molecular formula is C25H27N7O3. The highest BCUT2D eigenvalue weighted by Crippen LogP contribution is 2.26. The zero-order valence-corrected chi connectivity index (χ0v) is 19.5. The summed E-state index contributed by atoms with van der Waals surface area (Å²) in [6, 6.07) is 11.3. The topological polar surface area (TPSA) is 110 Å². The number of benzene rings is 1. The average molecular weight is 474 g/mol. The first-order chi connectivity index (χ1) is 17.1. The van der Waals surface area contributed by atoms with E-state index in [9.17, 15) is 4.79 Å². The molecule has 35 heavy (non-hydrogen) atoms. The summed E-state index contributed by atoms with van der Waals surface area (Å²) in [6.07, 6.45) is 5.00. The van der Waals surface area contributed by atoms with Crippen LogP contribution in [0.15, 0.2) is 66.2 Å². The Kier molecular flexibility index (Phi) is 6.30. The zero-order chi connectivity index (χ0) is 24.4. The third kappa shape index (κ3) is 4.53. The fraction of sp³-hybridized carbons (Fsp3) is 0.280. The Morgan fingerprint density at radius 3 is 2.83 bits per heavy atom. The number of fused-ring (bicyclic) bond motifs is 1. The quantitative estimate of drug-likeness (QED) is 0.356. The van der Waals surface area contributed by atoms with Gasteiger partial charge in [-0.3, -0.25) is 9.69 Å². The molecule has 1 aromatic carbocycles. The van der Waals surface area contributed by atoms with Crippen LogP contribution in [-0.4, -0.2) is 66.7 Å². The number of likely N-dealkylation sites (tertiary alicyclic amines) is 1. The van der Waals surface area contributed by atoms with Gasteiger partial charge >= 0.3 is 0 Å². The van der Waals surface area contributed by atoms with Gasteiger partial charge in [0.05, 0.1) is 13.2 Å². The summed E-state index contributed by atoms with van der Waals surface area (Å²) in [5.74, 6) is 1.77. The largest absolute Gasteiger partial charge is 0.487 e. The first-order valence-electron chi connectivity index (χ1n) is 11.5. The van der Waals surface area contributed by atoms with Crippen LogP contribution in [0, 0.1) is 6.92 Å². The van der Waals surface area contributed by atoms with Gasteiger partial charge < -0.3 is 15.2 Å². The van der Waals surface area contributed by atoms with Gasteiger partial charge in [-0.05, 0) is 42.8 Å². The number of β-amino-alcohol motifs (C(OH)–C–C–N with tert-alkyl or cyclic N) is 1. The third-order valence-corrected chi connectivity index (χ3v) is 5.91. The van der Waals surface area contributed by atoms with E-state index in [0.29, 0.717) is 35.9 Å².